The molecule has 1 aromatic rings. The number of anilines is 1. The molecule has 2 N–H and O–H groups in total. The summed E-state index contributed by atoms with van der Waals surface area (Å²) in [6, 6.07) is 6.11. The molecule has 1 unspecified atom stereocenters. The Morgan fingerprint density at radius 2 is 1.74 bits per heavy atom. The summed E-state index contributed by atoms with van der Waals surface area (Å²) in [5.41, 5.74) is 8.51. The molecule has 0 aromatic heterocycles. The Labute approximate surface area is 122 Å². The van der Waals surface area contributed by atoms with E-state index in [0.717, 1.165) is 23.2 Å². The van der Waals surface area contributed by atoms with Crippen LogP contribution in [0.4, 0.5) is 5.69 Å². The number of nitrogens with two attached hydrogens (primary N) is 1. The number of carbonyl (C=O) groups is 1. The number of carbonyl (C=O) groups excluding carboxylic acids is 1. The molecule has 3 nitrogen and oxygen atoms in total. The van der Waals surface area contributed by atoms with E-state index in [2.05, 4.69) is 6.07 Å². The van der Waals surface area contributed by atoms with Crippen LogP contribution in [0.3, 0.4) is 0 Å². The third-order valence-corrected chi connectivity index (χ3v) is 3.16. The van der Waals surface area contributed by atoms with Crippen molar-refractivity contribution in [1.82, 2.24) is 0 Å². The predicted octanol–water partition coefficient (Wildman–Crippen LogP) is 3.21. The molecule has 0 spiro atoms. The zero-order chi connectivity index (χ0) is 13.9. The van der Waals surface area contributed by atoms with E-state index < -0.39 is 5.54 Å². The minimum Gasteiger partial charge on any atom is -0.318 e. The summed E-state index contributed by atoms with van der Waals surface area (Å²) in [5, 5.41) is 0. The van der Waals surface area contributed by atoms with Crippen LogP contribution in [-0.2, 0) is 4.79 Å². The summed E-state index contributed by atoms with van der Waals surface area (Å²) in [7, 11) is 1.79. The summed E-state index contributed by atoms with van der Waals surface area (Å²) >= 11 is 0. The Morgan fingerprint density at radius 1 is 1.26 bits per heavy atom. The Kier molecular flexibility index (Phi) is 6.53. The first-order valence-electron chi connectivity index (χ1n) is 6.43. The standard InChI is InChI=1S/C15H24N2O.ClH/c1-6-7-15(4,16)14(18)17(5)13-9-11(2)8-12(3)10-13;/h8-10H,6-7,16H2,1-5H3;1H. The molecule has 1 atom stereocenters. The van der Waals surface area contributed by atoms with E-state index in [1.807, 2.05) is 32.9 Å². The highest BCUT2D eigenvalue weighted by Gasteiger charge is 2.30. The molecule has 0 fully saturated rings. The first kappa shape index (κ1) is 17.9. The highest BCUT2D eigenvalue weighted by Crippen LogP contribution is 2.21. The van der Waals surface area contributed by atoms with Gasteiger partial charge in [-0.2, -0.15) is 0 Å². The van der Waals surface area contributed by atoms with Crippen LogP contribution < -0.4 is 10.6 Å². The van der Waals surface area contributed by atoms with Crippen molar-refractivity contribution < 1.29 is 4.79 Å². The van der Waals surface area contributed by atoms with Crippen LogP contribution in [0.25, 0.3) is 0 Å². The van der Waals surface area contributed by atoms with Gasteiger partial charge in [-0.3, -0.25) is 4.79 Å². The highest BCUT2D eigenvalue weighted by atomic mass is 35.5. The topological polar surface area (TPSA) is 46.3 Å². The lowest BCUT2D eigenvalue weighted by atomic mass is 9.95. The van der Waals surface area contributed by atoms with E-state index in [0.29, 0.717) is 6.42 Å². The predicted molar refractivity (Wildman–Crippen MR) is 84.1 cm³/mol. The van der Waals surface area contributed by atoms with Gasteiger partial charge in [0.15, 0.2) is 0 Å². The maximum absolute atomic E-state index is 12.4. The number of aryl methyl sites for hydroxylation is 2. The summed E-state index contributed by atoms with van der Waals surface area (Å²) in [6.45, 7) is 7.90. The molecular weight excluding hydrogens is 260 g/mol. The molecule has 0 bridgehead atoms. The first-order chi connectivity index (χ1) is 8.27. The zero-order valence-corrected chi connectivity index (χ0v) is 13.3. The average molecular weight is 285 g/mol. The Morgan fingerprint density at radius 3 is 2.16 bits per heavy atom. The van der Waals surface area contributed by atoms with Crippen molar-refractivity contribution in [2.24, 2.45) is 5.73 Å². The van der Waals surface area contributed by atoms with Gasteiger partial charge in [-0.05, 0) is 50.5 Å². The van der Waals surface area contributed by atoms with Gasteiger partial charge < -0.3 is 10.6 Å². The molecule has 1 rings (SSSR count). The SMILES string of the molecule is CCCC(C)(N)C(=O)N(C)c1cc(C)cc(C)c1.Cl. The number of hydrogen-bond acceptors (Lipinski definition) is 2. The quantitative estimate of drug-likeness (QED) is 0.923. The smallest absolute Gasteiger partial charge is 0.246 e. The minimum atomic E-state index is -0.791. The number of nitrogens with zero attached hydrogens (tertiary/aromatic N) is 1. The molecule has 0 aliphatic heterocycles. The maximum atomic E-state index is 12.4. The van der Waals surface area contributed by atoms with Gasteiger partial charge >= 0.3 is 0 Å². The van der Waals surface area contributed by atoms with Gasteiger partial charge in [0.1, 0.15) is 0 Å². The number of rotatable bonds is 4. The molecule has 0 heterocycles. The molecule has 1 aromatic carbocycles. The second-order valence-corrected chi connectivity index (χ2v) is 5.38. The average Bonchev–Trinajstić information content (AvgIpc) is 2.25. The lowest BCUT2D eigenvalue weighted by molar-refractivity contribution is -0.123. The Bertz CT molecular complexity index is 424. The number of amides is 1. The number of hydrogen-bond donors (Lipinski definition) is 1. The van der Waals surface area contributed by atoms with Crippen molar-refractivity contribution in [3.63, 3.8) is 0 Å². The monoisotopic (exact) mass is 284 g/mol. The van der Waals surface area contributed by atoms with Crippen molar-refractivity contribution in [2.45, 2.75) is 46.1 Å². The Hall–Kier alpha value is -1.06. The fourth-order valence-corrected chi connectivity index (χ4v) is 2.27. The largest absolute Gasteiger partial charge is 0.318 e. The van der Waals surface area contributed by atoms with Gasteiger partial charge in [0.2, 0.25) is 5.91 Å². The molecular formula is C15H25ClN2O. The molecule has 4 heteroatoms. The molecule has 0 radical (unpaired) electrons. The van der Waals surface area contributed by atoms with Crippen molar-refractivity contribution in [3.05, 3.63) is 29.3 Å². The lowest BCUT2D eigenvalue weighted by Crippen LogP contribution is -2.52. The van der Waals surface area contributed by atoms with Gasteiger partial charge in [0.25, 0.3) is 0 Å². The van der Waals surface area contributed by atoms with Gasteiger partial charge in [-0.15, -0.1) is 12.4 Å². The van der Waals surface area contributed by atoms with Crippen molar-refractivity contribution >= 4 is 24.0 Å². The van der Waals surface area contributed by atoms with E-state index in [1.165, 1.54) is 0 Å². The van der Waals surface area contributed by atoms with Crippen LogP contribution in [0.2, 0.25) is 0 Å². The minimum absolute atomic E-state index is 0. The van der Waals surface area contributed by atoms with E-state index in [-0.39, 0.29) is 18.3 Å². The van der Waals surface area contributed by atoms with Gasteiger partial charge in [-0.25, -0.2) is 0 Å². The summed E-state index contributed by atoms with van der Waals surface area (Å²) in [5.74, 6) is -0.0330. The van der Waals surface area contributed by atoms with E-state index >= 15 is 0 Å². The van der Waals surface area contributed by atoms with E-state index in [1.54, 1.807) is 18.9 Å². The van der Waals surface area contributed by atoms with Gasteiger partial charge in [0.05, 0.1) is 5.54 Å². The molecule has 108 valence electrons. The highest BCUT2D eigenvalue weighted by molar-refractivity contribution is 5.99. The second kappa shape index (κ2) is 6.92. The molecule has 19 heavy (non-hydrogen) atoms. The van der Waals surface area contributed by atoms with Crippen molar-refractivity contribution in [2.75, 3.05) is 11.9 Å². The molecule has 0 aliphatic rings. The molecule has 0 saturated heterocycles. The van der Waals surface area contributed by atoms with Crippen LogP contribution in [0.5, 0.6) is 0 Å². The Balaban J connectivity index is 0.00000324. The van der Waals surface area contributed by atoms with Crippen LogP contribution in [0, 0.1) is 13.8 Å². The molecule has 0 aliphatic carbocycles. The van der Waals surface area contributed by atoms with Crippen molar-refractivity contribution in [3.8, 4) is 0 Å². The third-order valence-electron chi connectivity index (χ3n) is 3.16. The normalized spacial score (nSPS) is 13.4. The molecule has 0 saturated carbocycles. The summed E-state index contributed by atoms with van der Waals surface area (Å²) in [6.07, 6.45) is 1.60. The number of likely N-dealkylation sites (N-methyl/N-ethyl adjacent to an activating group) is 1. The van der Waals surface area contributed by atoms with Crippen LogP contribution in [0.1, 0.15) is 37.8 Å². The maximum Gasteiger partial charge on any atom is 0.246 e. The van der Waals surface area contributed by atoms with Gasteiger partial charge in [0, 0.05) is 12.7 Å². The second-order valence-electron chi connectivity index (χ2n) is 5.38. The van der Waals surface area contributed by atoms with Crippen LogP contribution in [-0.4, -0.2) is 18.5 Å². The third kappa shape index (κ3) is 4.51. The fraction of sp³-hybridized carbons (Fsp3) is 0.533. The summed E-state index contributed by atoms with van der Waals surface area (Å²) in [4.78, 5) is 14.0. The lowest BCUT2D eigenvalue weighted by Gasteiger charge is -2.29. The van der Waals surface area contributed by atoms with Crippen molar-refractivity contribution in [1.29, 1.82) is 0 Å². The zero-order valence-electron chi connectivity index (χ0n) is 12.5. The first-order valence-corrected chi connectivity index (χ1v) is 6.43. The van der Waals surface area contributed by atoms with E-state index in [9.17, 15) is 4.79 Å². The van der Waals surface area contributed by atoms with E-state index in [4.69, 9.17) is 5.73 Å². The van der Waals surface area contributed by atoms with Crippen LogP contribution >= 0.6 is 12.4 Å². The molecule has 1 amide bonds. The fourth-order valence-electron chi connectivity index (χ4n) is 2.27. The number of benzene rings is 1. The number of halogens is 1. The summed E-state index contributed by atoms with van der Waals surface area (Å²) < 4.78 is 0. The van der Waals surface area contributed by atoms with Gasteiger partial charge in [-0.1, -0.05) is 19.4 Å². The van der Waals surface area contributed by atoms with Crippen LogP contribution in [0.15, 0.2) is 18.2 Å².